The summed E-state index contributed by atoms with van der Waals surface area (Å²) in [6, 6.07) is -0.840. The van der Waals surface area contributed by atoms with Gasteiger partial charge in [-0.15, -0.1) is 0 Å². The van der Waals surface area contributed by atoms with Gasteiger partial charge in [-0.2, -0.15) is 13.2 Å². The zero-order valence-electron chi connectivity index (χ0n) is 7.32. The molecule has 0 aromatic heterocycles. The summed E-state index contributed by atoms with van der Waals surface area (Å²) >= 11 is 0. The number of hydrogen-bond acceptors (Lipinski definition) is 2. The molecule has 0 fully saturated rings. The Kier molecular flexibility index (Phi) is 4.76. The van der Waals surface area contributed by atoms with E-state index in [0.29, 0.717) is 12.8 Å². The minimum absolute atomic E-state index is 0.393. The van der Waals surface area contributed by atoms with E-state index in [1.165, 1.54) is 0 Å². The number of hydrogen-bond donors (Lipinski definition) is 2. The molecule has 6 heteroatoms. The fraction of sp³-hybridized carbons (Fsp3) is 0.857. The quantitative estimate of drug-likeness (QED) is 0.701. The van der Waals surface area contributed by atoms with Crippen molar-refractivity contribution >= 4 is 5.91 Å². The SMILES string of the molecule is CCC[C@H](N)C(=O)NCC(F)(F)F. The second kappa shape index (κ2) is 5.06. The average Bonchev–Trinajstić information content (AvgIpc) is 1.99. The molecule has 0 radical (unpaired) electrons. The minimum Gasteiger partial charge on any atom is -0.346 e. The highest BCUT2D eigenvalue weighted by Crippen LogP contribution is 2.12. The molecule has 0 aliphatic rings. The Bertz CT molecular complexity index is 170. The van der Waals surface area contributed by atoms with Crippen LogP contribution in [0.4, 0.5) is 13.2 Å². The normalized spacial score (nSPS) is 13.9. The molecule has 0 spiro atoms. The number of carbonyl (C=O) groups excluding carboxylic acids is 1. The van der Waals surface area contributed by atoms with Gasteiger partial charge < -0.3 is 11.1 Å². The van der Waals surface area contributed by atoms with Crippen molar-refractivity contribution in [2.75, 3.05) is 6.54 Å². The Morgan fingerprint density at radius 2 is 2.08 bits per heavy atom. The molecule has 13 heavy (non-hydrogen) atoms. The number of halogens is 3. The van der Waals surface area contributed by atoms with Crippen LogP contribution in [-0.2, 0) is 4.79 Å². The molecule has 0 unspecified atom stereocenters. The van der Waals surface area contributed by atoms with Gasteiger partial charge in [0.15, 0.2) is 0 Å². The lowest BCUT2D eigenvalue weighted by molar-refractivity contribution is -0.139. The lowest BCUT2D eigenvalue weighted by Crippen LogP contribution is -2.44. The summed E-state index contributed by atoms with van der Waals surface area (Å²) in [6.45, 7) is 0.486. The van der Waals surface area contributed by atoms with Crippen LogP contribution in [0.25, 0.3) is 0 Å². The van der Waals surface area contributed by atoms with E-state index >= 15 is 0 Å². The van der Waals surface area contributed by atoms with Crippen LogP contribution in [0.5, 0.6) is 0 Å². The Labute approximate surface area is 74.5 Å². The monoisotopic (exact) mass is 198 g/mol. The van der Waals surface area contributed by atoms with Gasteiger partial charge in [0.25, 0.3) is 0 Å². The zero-order chi connectivity index (χ0) is 10.5. The van der Waals surface area contributed by atoms with Gasteiger partial charge in [-0.25, -0.2) is 0 Å². The predicted molar refractivity (Wildman–Crippen MR) is 41.9 cm³/mol. The second-order valence-electron chi connectivity index (χ2n) is 2.73. The number of carbonyl (C=O) groups is 1. The van der Waals surface area contributed by atoms with Crippen LogP contribution in [0, 0.1) is 0 Å². The van der Waals surface area contributed by atoms with E-state index in [1.807, 2.05) is 0 Å². The van der Waals surface area contributed by atoms with Crippen molar-refractivity contribution < 1.29 is 18.0 Å². The summed E-state index contributed by atoms with van der Waals surface area (Å²) in [5.74, 6) is -0.751. The van der Waals surface area contributed by atoms with E-state index in [0.717, 1.165) is 0 Å². The van der Waals surface area contributed by atoms with Gasteiger partial charge in [-0.3, -0.25) is 4.79 Å². The third-order valence-electron chi connectivity index (χ3n) is 1.40. The van der Waals surface area contributed by atoms with Crippen LogP contribution >= 0.6 is 0 Å². The van der Waals surface area contributed by atoms with Crippen molar-refractivity contribution in [3.05, 3.63) is 0 Å². The van der Waals surface area contributed by atoms with Crippen LogP contribution in [0.1, 0.15) is 19.8 Å². The Balaban J connectivity index is 3.74. The molecule has 0 heterocycles. The van der Waals surface area contributed by atoms with E-state index in [-0.39, 0.29) is 0 Å². The molecular formula is C7H13F3N2O. The van der Waals surface area contributed by atoms with E-state index in [4.69, 9.17) is 5.73 Å². The first-order chi connectivity index (χ1) is 5.87. The fourth-order valence-electron chi connectivity index (χ4n) is 0.761. The zero-order valence-corrected chi connectivity index (χ0v) is 7.32. The smallest absolute Gasteiger partial charge is 0.346 e. The van der Waals surface area contributed by atoms with E-state index in [1.54, 1.807) is 12.2 Å². The average molecular weight is 198 g/mol. The van der Waals surface area contributed by atoms with Gasteiger partial charge in [0.1, 0.15) is 6.54 Å². The topological polar surface area (TPSA) is 55.1 Å². The van der Waals surface area contributed by atoms with Crippen LogP contribution in [0.3, 0.4) is 0 Å². The van der Waals surface area contributed by atoms with Gasteiger partial charge in [0.2, 0.25) is 5.91 Å². The van der Waals surface area contributed by atoms with Gasteiger partial charge in [-0.1, -0.05) is 13.3 Å². The van der Waals surface area contributed by atoms with E-state index < -0.39 is 24.7 Å². The first-order valence-corrected chi connectivity index (χ1v) is 3.97. The molecule has 0 aliphatic heterocycles. The maximum Gasteiger partial charge on any atom is 0.405 e. The summed E-state index contributed by atoms with van der Waals surface area (Å²) in [5, 5.41) is 1.72. The molecule has 3 nitrogen and oxygen atoms in total. The van der Waals surface area contributed by atoms with E-state index in [2.05, 4.69) is 0 Å². The summed E-state index contributed by atoms with van der Waals surface area (Å²) in [6.07, 6.45) is -3.31. The summed E-state index contributed by atoms with van der Waals surface area (Å²) in [4.78, 5) is 10.8. The molecule has 0 saturated carbocycles. The van der Waals surface area contributed by atoms with Crippen molar-refractivity contribution in [2.45, 2.75) is 32.0 Å². The second-order valence-corrected chi connectivity index (χ2v) is 2.73. The number of alkyl halides is 3. The van der Waals surface area contributed by atoms with E-state index in [9.17, 15) is 18.0 Å². The first kappa shape index (κ1) is 12.2. The Morgan fingerprint density at radius 1 is 1.54 bits per heavy atom. The number of nitrogens with one attached hydrogen (secondary N) is 1. The van der Waals surface area contributed by atoms with Crippen LogP contribution < -0.4 is 11.1 Å². The molecule has 0 saturated heterocycles. The lowest BCUT2D eigenvalue weighted by Gasteiger charge is -2.12. The summed E-state index contributed by atoms with van der Waals surface area (Å²) < 4.78 is 34.8. The fourth-order valence-corrected chi connectivity index (χ4v) is 0.761. The Hall–Kier alpha value is -0.780. The third kappa shape index (κ3) is 6.39. The third-order valence-corrected chi connectivity index (χ3v) is 1.40. The highest BCUT2D eigenvalue weighted by molar-refractivity contribution is 5.81. The van der Waals surface area contributed by atoms with Gasteiger partial charge in [0, 0.05) is 0 Å². The minimum atomic E-state index is -4.37. The molecule has 0 aromatic rings. The van der Waals surface area contributed by atoms with Gasteiger partial charge >= 0.3 is 6.18 Å². The molecular weight excluding hydrogens is 185 g/mol. The van der Waals surface area contributed by atoms with Crippen molar-refractivity contribution in [1.29, 1.82) is 0 Å². The summed E-state index contributed by atoms with van der Waals surface area (Å²) in [5.41, 5.74) is 5.28. The van der Waals surface area contributed by atoms with Crippen LogP contribution in [0.15, 0.2) is 0 Å². The molecule has 0 aromatic carbocycles. The Morgan fingerprint density at radius 3 is 2.46 bits per heavy atom. The van der Waals surface area contributed by atoms with Crippen LogP contribution in [-0.4, -0.2) is 24.7 Å². The highest BCUT2D eigenvalue weighted by Gasteiger charge is 2.28. The molecule has 3 N–H and O–H groups in total. The van der Waals surface area contributed by atoms with Crippen molar-refractivity contribution in [3.63, 3.8) is 0 Å². The first-order valence-electron chi connectivity index (χ1n) is 3.97. The van der Waals surface area contributed by atoms with Crippen LogP contribution in [0.2, 0.25) is 0 Å². The molecule has 1 amide bonds. The highest BCUT2D eigenvalue weighted by atomic mass is 19.4. The molecule has 1 atom stereocenters. The number of nitrogens with two attached hydrogens (primary N) is 1. The standard InChI is InChI=1S/C7H13F3N2O/c1-2-3-5(11)6(13)12-4-7(8,9)10/h5H,2-4,11H2,1H3,(H,12,13)/t5-/m0/s1. The predicted octanol–water partition coefficient (Wildman–Crippen LogP) is 0.792. The molecule has 0 aliphatic carbocycles. The number of amides is 1. The maximum absolute atomic E-state index is 11.6. The molecule has 0 rings (SSSR count). The van der Waals surface area contributed by atoms with Gasteiger partial charge in [-0.05, 0) is 6.42 Å². The van der Waals surface area contributed by atoms with Gasteiger partial charge in [0.05, 0.1) is 6.04 Å². The number of rotatable bonds is 4. The molecule has 78 valence electrons. The largest absolute Gasteiger partial charge is 0.405 e. The van der Waals surface area contributed by atoms with Crippen molar-refractivity contribution in [2.24, 2.45) is 5.73 Å². The lowest BCUT2D eigenvalue weighted by atomic mass is 10.2. The maximum atomic E-state index is 11.6. The van der Waals surface area contributed by atoms with Crippen molar-refractivity contribution in [1.82, 2.24) is 5.32 Å². The van der Waals surface area contributed by atoms with Crippen molar-refractivity contribution in [3.8, 4) is 0 Å². The molecule has 0 bridgehead atoms. The summed E-state index contributed by atoms with van der Waals surface area (Å²) in [7, 11) is 0.